The van der Waals surface area contributed by atoms with Crippen LogP contribution in [0.5, 0.6) is 0 Å². The molecular formula is C41H79NO8. The van der Waals surface area contributed by atoms with Gasteiger partial charge in [-0.15, -0.1) is 0 Å². The second-order valence-electron chi connectivity index (χ2n) is 14.8. The van der Waals surface area contributed by atoms with Gasteiger partial charge >= 0.3 is 0 Å². The fourth-order valence-corrected chi connectivity index (χ4v) is 6.68. The van der Waals surface area contributed by atoms with Gasteiger partial charge in [-0.1, -0.05) is 174 Å². The molecule has 9 nitrogen and oxygen atoms in total. The summed E-state index contributed by atoms with van der Waals surface area (Å²) in [5.41, 5.74) is 0. The number of hydrogen-bond acceptors (Lipinski definition) is 8. The molecule has 7 atom stereocenters. The van der Waals surface area contributed by atoms with Crippen LogP contribution >= 0.6 is 0 Å². The monoisotopic (exact) mass is 714 g/mol. The quantitative estimate of drug-likeness (QED) is 0.0293. The summed E-state index contributed by atoms with van der Waals surface area (Å²) in [5.74, 6) is -0.189. The third kappa shape index (κ3) is 23.5. The lowest BCUT2D eigenvalue weighted by Crippen LogP contribution is -2.60. The molecule has 0 aliphatic carbocycles. The van der Waals surface area contributed by atoms with Crippen molar-refractivity contribution < 1.29 is 39.8 Å². The van der Waals surface area contributed by atoms with Gasteiger partial charge in [0.15, 0.2) is 6.29 Å². The molecule has 1 aliphatic rings. The number of amides is 1. The number of aliphatic hydroxyl groups excluding tert-OH is 5. The van der Waals surface area contributed by atoms with Crippen LogP contribution in [0, 0.1) is 0 Å². The zero-order chi connectivity index (χ0) is 36.7. The van der Waals surface area contributed by atoms with Crippen LogP contribution in [0.15, 0.2) is 12.2 Å². The third-order valence-corrected chi connectivity index (χ3v) is 10.1. The lowest BCUT2D eigenvalue weighted by atomic mass is 9.99. The minimum Gasteiger partial charge on any atom is -0.394 e. The second kappa shape index (κ2) is 32.6. The third-order valence-electron chi connectivity index (χ3n) is 10.1. The Hall–Kier alpha value is -1.07. The standard InChI is InChI=1S/C41H79NO8/c1-3-5-7-9-10-11-12-13-14-15-16-17-18-19-20-21-22-23-24-25-27-28-30-35(44)34(42-37(45)31-29-26-8-6-4-2)33-49-41-40(48)39(47)38(46)36(32-43)50-41/h28,30,34-36,38-41,43-44,46-48H,3-27,29,31-33H2,1-2H3,(H,42,45)/b30-28+. The summed E-state index contributed by atoms with van der Waals surface area (Å²) in [6.07, 6.45) is 28.8. The highest BCUT2D eigenvalue weighted by atomic mass is 16.7. The lowest BCUT2D eigenvalue weighted by Gasteiger charge is -2.40. The molecule has 1 rings (SSSR count). The largest absolute Gasteiger partial charge is 0.394 e. The summed E-state index contributed by atoms with van der Waals surface area (Å²) < 4.78 is 11.1. The van der Waals surface area contributed by atoms with E-state index in [1.165, 1.54) is 116 Å². The van der Waals surface area contributed by atoms with Crippen molar-refractivity contribution in [3.8, 4) is 0 Å². The predicted octanol–water partition coefficient (Wildman–Crippen LogP) is 7.78. The lowest BCUT2D eigenvalue weighted by molar-refractivity contribution is -0.302. The van der Waals surface area contributed by atoms with Crippen LogP contribution < -0.4 is 5.32 Å². The molecule has 0 aromatic rings. The van der Waals surface area contributed by atoms with Gasteiger partial charge in [0.2, 0.25) is 5.91 Å². The second-order valence-corrected chi connectivity index (χ2v) is 14.8. The minimum absolute atomic E-state index is 0.185. The van der Waals surface area contributed by atoms with Crippen molar-refractivity contribution in [1.82, 2.24) is 5.32 Å². The van der Waals surface area contributed by atoms with Crippen LogP contribution in [-0.4, -0.2) is 87.5 Å². The maximum absolute atomic E-state index is 12.7. The summed E-state index contributed by atoms with van der Waals surface area (Å²) in [6, 6.07) is -0.795. The molecule has 1 heterocycles. The average Bonchev–Trinajstić information content (AvgIpc) is 3.11. The van der Waals surface area contributed by atoms with E-state index in [0.29, 0.717) is 6.42 Å². The molecule has 296 valence electrons. The highest BCUT2D eigenvalue weighted by molar-refractivity contribution is 5.76. The van der Waals surface area contributed by atoms with Gasteiger partial charge in [0.05, 0.1) is 25.4 Å². The average molecular weight is 714 g/mol. The van der Waals surface area contributed by atoms with Crippen molar-refractivity contribution in [2.45, 2.75) is 230 Å². The predicted molar refractivity (Wildman–Crippen MR) is 203 cm³/mol. The van der Waals surface area contributed by atoms with Crippen molar-refractivity contribution in [3.63, 3.8) is 0 Å². The number of aliphatic hydroxyl groups is 5. The van der Waals surface area contributed by atoms with Crippen molar-refractivity contribution in [3.05, 3.63) is 12.2 Å². The Labute approximate surface area is 306 Å². The molecule has 1 saturated heterocycles. The van der Waals surface area contributed by atoms with E-state index >= 15 is 0 Å². The number of rotatable bonds is 34. The molecule has 7 unspecified atom stereocenters. The first kappa shape index (κ1) is 47.0. The number of unbranched alkanes of at least 4 members (excludes halogenated alkanes) is 24. The Balaban J connectivity index is 2.24. The Bertz CT molecular complexity index is 797. The van der Waals surface area contributed by atoms with E-state index in [-0.39, 0.29) is 12.5 Å². The van der Waals surface area contributed by atoms with E-state index in [1.54, 1.807) is 6.08 Å². The smallest absolute Gasteiger partial charge is 0.220 e. The van der Waals surface area contributed by atoms with E-state index in [1.807, 2.05) is 6.08 Å². The van der Waals surface area contributed by atoms with Gasteiger partial charge < -0.3 is 40.3 Å². The molecule has 0 spiro atoms. The fraction of sp³-hybridized carbons (Fsp3) is 0.927. The summed E-state index contributed by atoms with van der Waals surface area (Å²) >= 11 is 0. The molecule has 0 radical (unpaired) electrons. The normalized spacial score (nSPS) is 22.3. The van der Waals surface area contributed by atoms with Crippen LogP contribution in [0.25, 0.3) is 0 Å². The molecule has 50 heavy (non-hydrogen) atoms. The number of carbonyl (C=O) groups is 1. The topological polar surface area (TPSA) is 149 Å². The van der Waals surface area contributed by atoms with Crippen LogP contribution in [0.2, 0.25) is 0 Å². The van der Waals surface area contributed by atoms with E-state index < -0.39 is 49.5 Å². The Morgan fingerprint density at radius 1 is 0.660 bits per heavy atom. The first-order valence-corrected chi connectivity index (χ1v) is 20.9. The highest BCUT2D eigenvalue weighted by Crippen LogP contribution is 2.22. The van der Waals surface area contributed by atoms with Gasteiger partial charge in [0, 0.05) is 6.42 Å². The first-order valence-electron chi connectivity index (χ1n) is 20.9. The molecule has 6 N–H and O–H groups in total. The van der Waals surface area contributed by atoms with Crippen molar-refractivity contribution in [2.75, 3.05) is 13.2 Å². The molecular weight excluding hydrogens is 634 g/mol. The van der Waals surface area contributed by atoms with Crippen LogP contribution in [0.4, 0.5) is 0 Å². The van der Waals surface area contributed by atoms with Gasteiger partial charge in [-0.05, 0) is 19.3 Å². The minimum atomic E-state index is -1.56. The van der Waals surface area contributed by atoms with Crippen molar-refractivity contribution in [1.29, 1.82) is 0 Å². The van der Waals surface area contributed by atoms with Gasteiger partial charge in [-0.3, -0.25) is 4.79 Å². The number of carbonyl (C=O) groups excluding carboxylic acids is 1. The highest BCUT2D eigenvalue weighted by Gasteiger charge is 2.44. The maximum Gasteiger partial charge on any atom is 0.220 e. The Morgan fingerprint density at radius 3 is 1.56 bits per heavy atom. The molecule has 1 amide bonds. The van der Waals surface area contributed by atoms with Gasteiger partial charge in [-0.25, -0.2) is 0 Å². The van der Waals surface area contributed by atoms with Crippen molar-refractivity contribution in [2.24, 2.45) is 0 Å². The summed E-state index contributed by atoms with van der Waals surface area (Å²) in [6.45, 7) is 3.67. The summed E-state index contributed by atoms with van der Waals surface area (Å²) in [5, 5.41) is 53.7. The van der Waals surface area contributed by atoms with E-state index in [9.17, 15) is 30.3 Å². The number of ether oxygens (including phenoxy) is 2. The number of allylic oxidation sites excluding steroid dienone is 1. The SMILES string of the molecule is CCCCCCCCCCCCCCCCCCCCCC/C=C/C(O)C(COC1OC(CO)C(O)C(O)C1O)NC(=O)CCCCCCC. The van der Waals surface area contributed by atoms with Gasteiger partial charge in [0.25, 0.3) is 0 Å². The van der Waals surface area contributed by atoms with Gasteiger partial charge in [-0.2, -0.15) is 0 Å². The maximum atomic E-state index is 12.7. The zero-order valence-electron chi connectivity index (χ0n) is 32.2. The first-order chi connectivity index (χ1) is 24.3. The summed E-state index contributed by atoms with van der Waals surface area (Å²) in [4.78, 5) is 12.7. The molecule has 0 aromatic heterocycles. The molecule has 1 fully saturated rings. The molecule has 0 aromatic carbocycles. The Kier molecular flexibility index (Phi) is 30.6. The summed E-state index contributed by atoms with van der Waals surface area (Å²) in [7, 11) is 0. The molecule has 9 heteroatoms. The number of nitrogens with one attached hydrogen (secondary N) is 1. The van der Waals surface area contributed by atoms with E-state index in [2.05, 4.69) is 19.2 Å². The fourth-order valence-electron chi connectivity index (χ4n) is 6.68. The molecule has 0 bridgehead atoms. The van der Waals surface area contributed by atoms with Crippen LogP contribution in [0.3, 0.4) is 0 Å². The molecule has 0 saturated carbocycles. The number of hydrogen-bond donors (Lipinski definition) is 6. The van der Waals surface area contributed by atoms with E-state index in [4.69, 9.17) is 9.47 Å². The van der Waals surface area contributed by atoms with Crippen LogP contribution in [-0.2, 0) is 14.3 Å². The van der Waals surface area contributed by atoms with Crippen LogP contribution in [0.1, 0.15) is 187 Å². The molecule has 1 aliphatic heterocycles. The van der Waals surface area contributed by atoms with Gasteiger partial charge in [0.1, 0.15) is 24.4 Å². The zero-order valence-corrected chi connectivity index (χ0v) is 32.2. The van der Waals surface area contributed by atoms with Crippen molar-refractivity contribution >= 4 is 5.91 Å². The van der Waals surface area contributed by atoms with E-state index in [0.717, 1.165) is 51.4 Å². The Morgan fingerprint density at radius 2 is 1.10 bits per heavy atom.